The van der Waals surface area contributed by atoms with Crippen molar-refractivity contribution in [2.45, 2.75) is 39.2 Å². The van der Waals surface area contributed by atoms with Crippen LogP contribution < -0.4 is 14.8 Å². The van der Waals surface area contributed by atoms with E-state index in [0.717, 1.165) is 29.3 Å². The number of rotatable bonds is 6. The maximum absolute atomic E-state index is 12.4. The van der Waals surface area contributed by atoms with Crippen molar-refractivity contribution >= 4 is 5.91 Å². The lowest BCUT2D eigenvalue weighted by Crippen LogP contribution is -2.33. The van der Waals surface area contributed by atoms with Crippen molar-refractivity contribution in [3.63, 3.8) is 0 Å². The van der Waals surface area contributed by atoms with Crippen LogP contribution in [0.15, 0.2) is 30.6 Å². The van der Waals surface area contributed by atoms with Crippen molar-refractivity contribution in [2.75, 3.05) is 13.3 Å². The van der Waals surface area contributed by atoms with Gasteiger partial charge in [-0.25, -0.2) is 4.98 Å². The molecule has 3 rings (SSSR count). The van der Waals surface area contributed by atoms with E-state index in [-0.39, 0.29) is 24.7 Å². The number of fused-ring (bicyclic) bond motifs is 1. The van der Waals surface area contributed by atoms with Crippen molar-refractivity contribution < 1.29 is 14.3 Å². The van der Waals surface area contributed by atoms with Gasteiger partial charge in [0.15, 0.2) is 11.5 Å². The molecule has 1 atom stereocenters. The van der Waals surface area contributed by atoms with Gasteiger partial charge in [0.1, 0.15) is 11.9 Å². The minimum absolute atomic E-state index is 0.00403. The fourth-order valence-electron chi connectivity index (χ4n) is 2.80. The van der Waals surface area contributed by atoms with Gasteiger partial charge in [-0.2, -0.15) is 0 Å². The number of carbonyl (C=O) groups excluding carboxylic acids is 1. The highest BCUT2D eigenvalue weighted by Crippen LogP contribution is 2.32. The summed E-state index contributed by atoms with van der Waals surface area (Å²) in [6, 6.07) is 5.59. The molecule has 24 heavy (non-hydrogen) atoms. The van der Waals surface area contributed by atoms with E-state index in [9.17, 15) is 4.79 Å². The maximum atomic E-state index is 12.4. The van der Waals surface area contributed by atoms with Crippen molar-refractivity contribution in [3.8, 4) is 11.5 Å². The average Bonchev–Trinajstić information content (AvgIpc) is 3.22. The molecule has 1 N–H and O–H groups in total. The lowest BCUT2D eigenvalue weighted by atomic mass is 10.1. The van der Waals surface area contributed by atoms with Gasteiger partial charge in [0.05, 0.1) is 0 Å². The molecule has 0 fully saturated rings. The number of ether oxygens (including phenoxy) is 2. The third-order valence-corrected chi connectivity index (χ3v) is 4.16. The van der Waals surface area contributed by atoms with E-state index in [4.69, 9.17) is 9.47 Å². The van der Waals surface area contributed by atoms with Crippen LogP contribution in [0, 0.1) is 0 Å². The third kappa shape index (κ3) is 3.37. The second-order valence-electron chi connectivity index (χ2n) is 6.25. The molecule has 1 unspecified atom stereocenters. The lowest BCUT2D eigenvalue weighted by molar-refractivity contribution is -0.123. The Hall–Kier alpha value is -2.50. The van der Waals surface area contributed by atoms with Gasteiger partial charge >= 0.3 is 0 Å². The number of aromatic nitrogens is 2. The highest BCUT2D eigenvalue weighted by molar-refractivity contribution is 5.80. The Labute approximate surface area is 141 Å². The van der Waals surface area contributed by atoms with E-state index in [1.54, 1.807) is 6.20 Å². The predicted octanol–water partition coefficient (Wildman–Crippen LogP) is 2.66. The number of benzene rings is 1. The summed E-state index contributed by atoms with van der Waals surface area (Å²) in [6.07, 6.45) is 4.35. The van der Waals surface area contributed by atoms with Gasteiger partial charge in [0.25, 0.3) is 0 Å². The Morgan fingerprint density at radius 3 is 2.88 bits per heavy atom. The third-order valence-electron chi connectivity index (χ3n) is 4.16. The van der Waals surface area contributed by atoms with E-state index >= 15 is 0 Å². The van der Waals surface area contributed by atoms with Crippen molar-refractivity contribution in [3.05, 3.63) is 42.0 Å². The van der Waals surface area contributed by atoms with Crippen molar-refractivity contribution in [1.29, 1.82) is 0 Å². The number of hydrogen-bond acceptors (Lipinski definition) is 4. The fraction of sp³-hybridized carbons (Fsp3) is 0.444. The van der Waals surface area contributed by atoms with Gasteiger partial charge in [-0.15, -0.1) is 0 Å². The van der Waals surface area contributed by atoms with Crippen molar-refractivity contribution in [1.82, 2.24) is 14.9 Å². The second-order valence-corrected chi connectivity index (χ2v) is 6.25. The van der Waals surface area contributed by atoms with Gasteiger partial charge in [0, 0.05) is 24.9 Å². The molecule has 2 heterocycles. The molecule has 1 aromatic heterocycles. The number of imidazole rings is 1. The summed E-state index contributed by atoms with van der Waals surface area (Å²) < 4.78 is 12.6. The quantitative estimate of drug-likeness (QED) is 0.885. The van der Waals surface area contributed by atoms with E-state index in [0.29, 0.717) is 6.54 Å². The van der Waals surface area contributed by atoms with Crippen LogP contribution in [-0.4, -0.2) is 28.8 Å². The minimum Gasteiger partial charge on any atom is -0.454 e. The van der Waals surface area contributed by atoms with Crippen LogP contribution >= 0.6 is 0 Å². The molecule has 0 saturated heterocycles. The first-order valence-electron chi connectivity index (χ1n) is 8.25. The molecule has 1 amide bonds. The molecular formula is C18H23N3O3. The molecule has 1 aliphatic heterocycles. The van der Waals surface area contributed by atoms with Gasteiger partial charge in [-0.05, 0) is 31.0 Å². The molecule has 0 spiro atoms. The van der Waals surface area contributed by atoms with E-state index in [1.807, 2.05) is 35.9 Å². The largest absolute Gasteiger partial charge is 0.454 e. The normalized spacial score (nSPS) is 14.0. The number of carbonyl (C=O) groups is 1. The predicted molar refractivity (Wildman–Crippen MR) is 90.3 cm³/mol. The van der Waals surface area contributed by atoms with Gasteiger partial charge < -0.3 is 19.4 Å². The summed E-state index contributed by atoms with van der Waals surface area (Å²) in [5, 5.41) is 2.99. The van der Waals surface area contributed by atoms with Crippen LogP contribution in [0.5, 0.6) is 11.5 Å². The molecule has 6 heteroatoms. The van der Waals surface area contributed by atoms with Crippen LogP contribution in [0.1, 0.15) is 44.1 Å². The number of amides is 1. The number of nitrogens with zero attached hydrogens (tertiary/aromatic N) is 2. The topological polar surface area (TPSA) is 65.4 Å². The zero-order valence-electron chi connectivity index (χ0n) is 14.3. The minimum atomic E-state index is -0.276. The van der Waals surface area contributed by atoms with E-state index < -0.39 is 0 Å². The van der Waals surface area contributed by atoms with Gasteiger partial charge in [-0.1, -0.05) is 19.9 Å². The summed E-state index contributed by atoms with van der Waals surface area (Å²) in [5.74, 6) is 2.75. The number of nitrogens with one attached hydrogen (secondary N) is 1. The van der Waals surface area contributed by atoms with Gasteiger partial charge in [0.2, 0.25) is 12.7 Å². The summed E-state index contributed by atoms with van der Waals surface area (Å²) in [5.41, 5.74) is 1.11. The summed E-state index contributed by atoms with van der Waals surface area (Å²) in [6.45, 7) is 6.89. The summed E-state index contributed by atoms with van der Waals surface area (Å²) in [7, 11) is 0. The summed E-state index contributed by atoms with van der Waals surface area (Å²) in [4.78, 5) is 16.7. The van der Waals surface area contributed by atoms with Gasteiger partial charge in [-0.3, -0.25) is 4.79 Å². The van der Waals surface area contributed by atoms with Crippen molar-refractivity contribution in [2.24, 2.45) is 0 Å². The molecule has 128 valence electrons. The van der Waals surface area contributed by atoms with Crippen LogP contribution in [0.25, 0.3) is 0 Å². The fourth-order valence-corrected chi connectivity index (χ4v) is 2.80. The Balaban J connectivity index is 1.54. The second kappa shape index (κ2) is 6.95. The molecule has 1 aromatic carbocycles. The first-order valence-corrected chi connectivity index (χ1v) is 8.25. The molecule has 0 aliphatic carbocycles. The van der Waals surface area contributed by atoms with Crippen LogP contribution in [0.3, 0.4) is 0 Å². The van der Waals surface area contributed by atoms with Crippen LogP contribution in [0.4, 0.5) is 0 Å². The molecular weight excluding hydrogens is 306 g/mol. The first kappa shape index (κ1) is 16.4. The maximum Gasteiger partial charge on any atom is 0.242 e. The SMILES string of the molecule is CC(C)c1nccn1C(C)C(=O)NCCc1ccc2c(c1)OCO2. The Morgan fingerprint density at radius 1 is 1.29 bits per heavy atom. The standard InChI is InChI=1S/C18H23N3O3/c1-12(2)17-19-8-9-21(17)13(3)18(22)20-7-6-14-4-5-15-16(10-14)24-11-23-15/h4-5,8-10,12-13H,6-7,11H2,1-3H3,(H,20,22). The van der Waals surface area contributed by atoms with E-state index in [1.165, 1.54) is 0 Å². The zero-order valence-corrected chi connectivity index (χ0v) is 14.3. The van der Waals surface area contributed by atoms with Crippen LogP contribution in [-0.2, 0) is 11.2 Å². The highest BCUT2D eigenvalue weighted by atomic mass is 16.7. The molecule has 2 aromatic rings. The highest BCUT2D eigenvalue weighted by Gasteiger charge is 2.19. The summed E-state index contributed by atoms with van der Waals surface area (Å²) >= 11 is 0. The Morgan fingerprint density at radius 2 is 2.08 bits per heavy atom. The molecule has 0 saturated carbocycles. The molecule has 0 bridgehead atoms. The first-order chi connectivity index (χ1) is 11.6. The lowest BCUT2D eigenvalue weighted by Gasteiger charge is -2.17. The molecule has 6 nitrogen and oxygen atoms in total. The monoisotopic (exact) mass is 329 g/mol. The average molecular weight is 329 g/mol. The van der Waals surface area contributed by atoms with E-state index in [2.05, 4.69) is 24.1 Å². The zero-order chi connectivity index (χ0) is 17.1. The molecule has 1 aliphatic rings. The molecule has 0 radical (unpaired) electrons. The van der Waals surface area contributed by atoms with Crippen LogP contribution in [0.2, 0.25) is 0 Å². The number of hydrogen-bond donors (Lipinski definition) is 1. The Kier molecular flexibility index (Phi) is 4.74. The Bertz CT molecular complexity index is 724. The smallest absolute Gasteiger partial charge is 0.242 e.